The fourth-order valence-electron chi connectivity index (χ4n) is 3.02. The Bertz CT molecular complexity index is 788. The molecule has 0 saturated carbocycles. The smallest absolute Gasteiger partial charge is 0.408 e. The van der Waals surface area contributed by atoms with E-state index >= 15 is 0 Å². The van der Waals surface area contributed by atoms with Crippen molar-refractivity contribution in [1.82, 2.24) is 15.1 Å². The van der Waals surface area contributed by atoms with Gasteiger partial charge in [0.2, 0.25) is 0 Å². The van der Waals surface area contributed by atoms with Gasteiger partial charge in [-0.25, -0.2) is 4.79 Å². The number of fused-ring (bicyclic) bond motifs is 1. The molecule has 1 aromatic heterocycles. The molecule has 5 nitrogen and oxygen atoms in total. The molecule has 2 aromatic rings. The molecule has 5 heteroatoms. The predicted octanol–water partition coefficient (Wildman–Crippen LogP) is 3.66. The number of rotatable bonds is 3. The lowest BCUT2D eigenvalue weighted by molar-refractivity contribution is 0.129. The van der Waals surface area contributed by atoms with Crippen LogP contribution in [0, 0.1) is 0 Å². The third kappa shape index (κ3) is 2.20. The lowest BCUT2D eigenvalue weighted by Gasteiger charge is -2.36. The molecule has 2 heterocycles. The standard InChI is InChI=1S/C17H17N3O2/c1-3-11-7-8-20(17(21)22)16(14(11)4-2)12-5-6-15-13(9-12)10-18-19-15/h3-6,9-10,16H,1-2,7-8H2,(H,18,19)(H,21,22). The molecule has 0 aliphatic carbocycles. The molecule has 0 radical (unpaired) electrons. The lowest BCUT2D eigenvalue weighted by Crippen LogP contribution is -2.38. The normalized spacial score (nSPS) is 18.5. The number of carbonyl (C=O) groups is 1. The fourth-order valence-corrected chi connectivity index (χ4v) is 3.02. The number of aromatic nitrogens is 2. The molecule has 22 heavy (non-hydrogen) atoms. The van der Waals surface area contributed by atoms with Crippen molar-refractivity contribution in [2.75, 3.05) is 6.54 Å². The Morgan fingerprint density at radius 2 is 2.23 bits per heavy atom. The van der Waals surface area contributed by atoms with Gasteiger partial charge in [0.05, 0.1) is 17.8 Å². The summed E-state index contributed by atoms with van der Waals surface area (Å²) >= 11 is 0. The van der Waals surface area contributed by atoms with Gasteiger partial charge in [-0.2, -0.15) is 5.10 Å². The molecule has 1 unspecified atom stereocenters. The molecular formula is C17H17N3O2. The molecule has 0 saturated heterocycles. The van der Waals surface area contributed by atoms with E-state index in [1.54, 1.807) is 18.3 Å². The zero-order valence-corrected chi connectivity index (χ0v) is 12.1. The van der Waals surface area contributed by atoms with Crippen LogP contribution in [-0.2, 0) is 0 Å². The van der Waals surface area contributed by atoms with Gasteiger partial charge < -0.3 is 5.11 Å². The van der Waals surface area contributed by atoms with E-state index in [9.17, 15) is 9.90 Å². The van der Waals surface area contributed by atoms with E-state index in [0.717, 1.165) is 27.6 Å². The Labute approximate surface area is 128 Å². The van der Waals surface area contributed by atoms with Gasteiger partial charge in [-0.3, -0.25) is 10.00 Å². The Morgan fingerprint density at radius 1 is 1.41 bits per heavy atom. The van der Waals surface area contributed by atoms with Crippen LogP contribution in [0.4, 0.5) is 4.79 Å². The van der Waals surface area contributed by atoms with Crippen molar-refractivity contribution in [3.63, 3.8) is 0 Å². The number of hydrogen-bond acceptors (Lipinski definition) is 2. The molecule has 0 spiro atoms. The first kappa shape index (κ1) is 14.1. The number of amides is 1. The second-order valence-electron chi connectivity index (χ2n) is 5.23. The molecular weight excluding hydrogens is 278 g/mol. The minimum Gasteiger partial charge on any atom is -0.465 e. The summed E-state index contributed by atoms with van der Waals surface area (Å²) in [6.45, 7) is 8.14. The highest BCUT2D eigenvalue weighted by Gasteiger charge is 2.32. The van der Waals surface area contributed by atoms with E-state index in [1.165, 1.54) is 4.90 Å². The average molecular weight is 295 g/mol. The number of H-pyrrole nitrogens is 1. The van der Waals surface area contributed by atoms with Crippen molar-refractivity contribution in [2.45, 2.75) is 12.5 Å². The highest BCUT2D eigenvalue weighted by molar-refractivity contribution is 5.79. The number of nitrogens with zero attached hydrogens (tertiary/aromatic N) is 2. The highest BCUT2D eigenvalue weighted by Crippen LogP contribution is 2.37. The minimum absolute atomic E-state index is 0.365. The van der Waals surface area contributed by atoms with Crippen LogP contribution in [0.5, 0.6) is 0 Å². The molecule has 3 rings (SSSR count). The molecule has 2 N–H and O–H groups in total. The first-order valence-corrected chi connectivity index (χ1v) is 7.06. The average Bonchev–Trinajstić information content (AvgIpc) is 3.00. The number of aromatic amines is 1. The third-order valence-electron chi connectivity index (χ3n) is 4.09. The molecule has 0 fully saturated rings. The van der Waals surface area contributed by atoms with Crippen LogP contribution >= 0.6 is 0 Å². The number of carboxylic acid groups (broad SMARTS) is 1. The van der Waals surface area contributed by atoms with Crippen LogP contribution in [0.25, 0.3) is 10.9 Å². The maximum atomic E-state index is 11.6. The maximum Gasteiger partial charge on any atom is 0.408 e. The summed E-state index contributed by atoms with van der Waals surface area (Å²) in [7, 11) is 0. The monoisotopic (exact) mass is 295 g/mol. The van der Waals surface area contributed by atoms with Gasteiger partial charge in [-0.05, 0) is 35.3 Å². The molecule has 1 aromatic carbocycles. The van der Waals surface area contributed by atoms with Gasteiger partial charge in [0, 0.05) is 11.9 Å². The first-order chi connectivity index (χ1) is 10.7. The van der Waals surface area contributed by atoms with E-state index in [-0.39, 0.29) is 6.04 Å². The Morgan fingerprint density at radius 3 is 2.91 bits per heavy atom. The minimum atomic E-state index is -0.931. The zero-order valence-electron chi connectivity index (χ0n) is 12.1. The van der Waals surface area contributed by atoms with Gasteiger partial charge in [0.15, 0.2) is 0 Å². The van der Waals surface area contributed by atoms with Crippen molar-refractivity contribution >= 4 is 17.0 Å². The van der Waals surface area contributed by atoms with Crippen LogP contribution in [0.15, 0.2) is 60.9 Å². The summed E-state index contributed by atoms with van der Waals surface area (Å²) in [5, 5.41) is 17.4. The summed E-state index contributed by atoms with van der Waals surface area (Å²) in [4.78, 5) is 13.1. The summed E-state index contributed by atoms with van der Waals surface area (Å²) in [5.74, 6) is 0. The van der Waals surface area contributed by atoms with Crippen molar-refractivity contribution in [1.29, 1.82) is 0 Å². The summed E-state index contributed by atoms with van der Waals surface area (Å²) in [6, 6.07) is 5.45. The van der Waals surface area contributed by atoms with E-state index < -0.39 is 6.09 Å². The first-order valence-electron chi connectivity index (χ1n) is 7.06. The second-order valence-corrected chi connectivity index (χ2v) is 5.23. The van der Waals surface area contributed by atoms with Gasteiger partial charge >= 0.3 is 6.09 Å². The van der Waals surface area contributed by atoms with Gasteiger partial charge in [-0.15, -0.1) is 0 Å². The predicted molar refractivity (Wildman–Crippen MR) is 85.6 cm³/mol. The van der Waals surface area contributed by atoms with E-state index in [1.807, 2.05) is 18.2 Å². The molecule has 1 aliphatic rings. The quantitative estimate of drug-likeness (QED) is 0.908. The molecule has 112 valence electrons. The Hall–Kier alpha value is -2.82. The maximum absolute atomic E-state index is 11.6. The number of benzene rings is 1. The third-order valence-corrected chi connectivity index (χ3v) is 4.09. The molecule has 1 aliphatic heterocycles. The van der Waals surface area contributed by atoms with Crippen LogP contribution in [0.2, 0.25) is 0 Å². The van der Waals surface area contributed by atoms with Crippen molar-refractivity contribution in [3.05, 3.63) is 66.4 Å². The SMILES string of the molecule is C=CC1=C(C=C)C(c2ccc3[nH]ncc3c2)N(C(=O)O)CC1. The summed E-state index contributed by atoms with van der Waals surface area (Å²) in [6.07, 6.45) is 4.98. The van der Waals surface area contributed by atoms with Gasteiger partial charge in [0.1, 0.15) is 0 Å². The Balaban J connectivity index is 2.17. The van der Waals surface area contributed by atoms with Crippen LogP contribution in [0.1, 0.15) is 18.0 Å². The van der Waals surface area contributed by atoms with Crippen LogP contribution in [-0.4, -0.2) is 32.8 Å². The Kier molecular flexibility index (Phi) is 3.55. The summed E-state index contributed by atoms with van der Waals surface area (Å²) in [5.41, 5.74) is 3.77. The zero-order chi connectivity index (χ0) is 15.7. The molecule has 0 bridgehead atoms. The van der Waals surface area contributed by atoms with E-state index in [4.69, 9.17) is 0 Å². The van der Waals surface area contributed by atoms with E-state index in [0.29, 0.717) is 13.0 Å². The lowest BCUT2D eigenvalue weighted by atomic mass is 9.88. The van der Waals surface area contributed by atoms with Gasteiger partial charge in [0.25, 0.3) is 0 Å². The van der Waals surface area contributed by atoms with Crippen molar-refractivity contribution in [2.24, 2.45) is 0 Å². The number of nitrogens with one attached hydrogen (secondary N) is 1. The topological polar surface area (TPSA) is 69.2 Å². The highest BCUT2D eigenvalue weighted by atomic mass is 16.4. The molecule has 1 atom stereocenters. The van der Waals surface area contributed by atoms with Crippen LogP contribution < -0.4 is 0 Å². The van der Waals surface area contributed by atoms with Crippen LogP contribution in [0.3, 0.4) is 0 Å². The number of allylic oxidation sites excluding steroid dienone is 1. The largest absolute Gasteiger partial charge is 0.465 e. The summed E-state index contributed by atoms with van der Waals surface area (Å²) < 4.78 is 0. The number of hydrogen-bond donors (Lipinski definition) is 2. The second kappa shape index (κ2) is 5.52. The van der Waals surface area contributed by atoms with E-state index in [2.05, 4.69) is 23.4 Å². The van der Waals surface area contributed by atoms with Crippen molar-refractivity contribution < 1.29 is 9.90 Å². The molecule has 1 amide bonds. The fraction of sp³-hybridized carbons (Fsp3) is 0.176. The van der Waals surface area contributed by atoms with Gasteiger partial charge in [-0.1, -0.05) is 31.4 Å². The van der Waals surface area contributed by atoms with Crippen molar-refractivity contribution in [3.8, 4) is 0 Å².